The molecular weight excluding hydrogens is 427 g/mol. The topological polar surface area (TPSA) is 109 Å². The number of nitrogens with zero attached hydrogens (tertiary/aromatic N) is 3. The van der Waals surface area contributed by atoms with Gasteiger partial charge in [-0.2, -0.15) is 0 Å². The van der Waals surface area contributed by atoms with Crippen molar-refractivity contribution >= 4 is 23.3 Å². The summed E-state index contributed by atoms with van der Waals surface area (Å²) in [4.78, 5) is 25.9. The number of hydrogen-bond acceptors (Lipinski definition) is 6. The summed E-state index contributed by atoms with van der Waals surface area (Å²) < 4.78 is 18.5. The first-order chi connectivity index (χ1) is 15.9. The number of benzene rings is 2. The number of rotatable bonds is 6. The Morgan fingerprint density at radius 1 is 1.09 bits per heavy atom. The zero-order chi connectivity index (χ0) is 23.0. The Hall–Kier alpha value is -3.75. The predicted octanol–water partition coefficient (Wildman–Crippen LogP) is 3.74. The number of carbonyl (C=O) groups is 2. The minimum Gasteiger partial charge on any atom is -0.481 e. The van der Waals surface area contributed by atoms with E-state index in [-0.39, 0.29) is 28.9 Å². The van der Waals surface area contributed by atoms with Crippen LogP contribution in [0.5, 0.6) is 0 Å². The van der Waals surface area contributed by atoms with Gasteiger partial charge in [-0.15, -0.1) is 10.2 Å². The van der Waals surface area contributed by atoms with Gasteiger partial charge in [0, 0.05) is 24.5 Å². The van der Waals surface area contributed by atoms with Gasteiger partial charge in [-0.3, -0.25) is 9.59 Å². The molecule has 1 amide bonds. The van der Waals surface area contributed by atoms with Crippen LogP contribution >= 0.6 is 0 Å². The number of carboxylic acid groups (broad SMARTS) is 1. The summed E-state index contributed by atoms with van der Waals surface area (Å²) in [6, 6.07) is 13.4. The highest BCUT2D eigenvalue weighted by atomic mass is 19.1. The van der Waals surface area contributed by atoms with Crippen molar-refractivity contribution < 1.29 is 23.5 Å². The Kier molecular flexibility index (Phi) is 5.32. The molecule has 2 aromatic carbocycles. The number of amides is 1. The Morgan fingerprint density at radius 3 is 2.42 bits per heavy atom. The standard InChI is InChI=1S/C24H23FN4O4/c25-16-3-1-15(2-4-16)13-20-27-28-22(33-20)21(30)26-17-5-7-18(8-6-17)29-11-9-24(10-12-29)14-19(24)23(31)32/h1-8,19H,9-14H2,(H,26,30)(H,31,32). The van der Waals surface area contributed by atoms with Crippen LogP contribution in [0, 0.1) is 17.2 Å². The van der Waals surface area contributed by atoms with Crippen molar-refractivity contribution in [3.05, 3.63) is 71.7 Å². The van der Waals surface area contributed by atoms with Crippen LogP contribution in [0.4, 0.5) is 15.8 Å². The van der Waals surface area contributed by atoms with Gasteiger partial charge in [-0.05, 0) is 66.6 Å². The van der Waals surface area contributed by atoms with E-state index in [9.17, 15) is 19.1 Å². The lowest BCUT2D eigenvalue weighted by molar-refractivity contribution is -0.139. The molecule has 3 aromatic rings. The minimum absolute atomic E-state index is 0.00409. The van der Waals surface area contributed by atoms with Crippen molar-refractivity contribution in [1.29, 1.82) is 0 Å². The molecule has 1 aliphatic carbocycles. The van der Waals surface area contributed by atoms with Crippen LogP contribution in [0.15, 0.2) is 52.9 Å². The third kappa shape index (κ3) is 4.44. The first-order valence-corrected chi connectivity index (χ1v) is 10.9. The largest absolute Gasteiger partial charge is 0.481 e. The zero-order valence-electron chi connectivity index (χ0n) is 17.8. The second-order valence-corrected chi connectivity index (χ2v) is 8.75. The highest BCUT2D eigenvalue weighted by Gasteiger charge is 2.58. The van der Waals surface area contributed by atoms with Gasteiger partial charge in [0.2, 0.25) is 5.89 Å². The van der Waals surface area contributed by atoms with Crippen LogP contribution in [-0.4, -0.2) is 40.3 Å². The van der Waals surface area contributed by atoms with Crippen LogP contribution in [0.25, 0.3) is 0 Å². The first-order valence-electron chi connectivity index (χ1n) is 10.9. The smallest absolute Gasteiger partial charge is 0.313 e. The molecule has 1 atom stereocenters. The molecule has 1 aliphatic heterocycles. The highest BCUT2D eigenvalue weighted by Crippen LogP contribution is 2.59. The second kappa shape index (κ2) is 8.31. The molecule has 0 radical (unpaired) electrons. The molecule has 2 N–H and O–H groups in total. The maximum atomic E-state index is 13.0. The third-order valence-corrected chi connectivity index (χ3v) is 6.67. The van der Waals surface area contributed by atoms with Gasteiger partial charge in [-0.1, -0.05) is 12.1 Å². The molecule has 9 heteroatoms. The summed E-state index contributed by atoms with van der Waals surface area (Å²) in [5.41, 5.74) is 2.43. The van der Waals surface area contributed by atoms with Crippen molar-refractivity contribution in [2.24, 2.45) is 11.3 Å². The van der Waals surface area contributed by atoms with E-state index in [1.165, 1.54) is 12.1 Å². The van der Waals surface area contributed by atoms with Gasteiger partial charge in [-0.25, -0.2) is 4.39 Å². The maximum Gasteiger partial charge on any atom is 0.313 e. The van der Waals surface area contributed by atoms with E-state index in [2.05, 4.69) is 20.4 Å². The lowest BCUT2D eigenvalue weighted by Crippen LogP contribution is -2.35. The Balaban J connectivity index is 1.15. The summed E-state index contributed by atoms with van der Waals surface area (Å²) in [5, 5.41) is 19.7. The SMILES string of the molecule is O=C(Nc1ccc(N2CCC3(CC2)CC3C(=O)O)cc1)c1nnc(Cc2ccc(F)cc2)o1. The van der Waals surface area contributed by atoms with E-state index >= 15 is 0 Å². The van der Waals surface area contributed by atoms with Crippen LogP contribution in [0.2, 0.25) is 0 Å². The molecule has 2 fully saturated rings. The fraction of sp³-hybridized carbons (Fsp3) is 0.333. The molecule has 2 heterocycles. The molecular formula is C24H23FN4O4. The average Bonchev–Trinajstić information content (AvgIpc) is 3.31. The number of hydrogen-bond donors (Lipinski definition) is 2. The zero-order valence-corrected chi connectivity index (χ0v) is 17.8. The van der Waals surface area contributed by atoms with E-state index in [1.807, 2.05) is 24.3 Å². The molecule has 33 heavy (non-hydrogen) atoms. The number of aromatic nitrogens is 2. The maximum absolute atomic E-state index is 13.0. The average molecular weight is 450 g/mol. The number of aliphatic carboxylic acids is 1. The van der Waals surface area contributed by atoms with Crippen LogP contribution < -0.4 is 10.2 Å². The van der Waals surface area contributed by atoms with Crippen LogP contribution in [0.1, 0.15) is 41.4 Å². The number of carboxylic acids is 1. The molecule has 1 saturated carbocycles. The third-order valence-electron chi connectivity index (χ3n) is 6.67. The second-order valence-electron chi connectivity index (χ2n) is 8.75. The van der Waals surface area contributed by atoms with Gasteiger partial charge in [0.05, 0.1) is 12.3 Å². The number of anilines is 2. The molecule has 1 unspecified atom stereocenters. The predicted molar refractivity (Wildman–Crippen MR) is 118 cm³/mol. The summed E-state index contributed by atoms with van der Waals surface area (Å²) in [6.45, 7) is 1.66. The summed E-state index contributed by atoms with van der Waals surface area (Å²) in [7, 11) is 0. The summed E-state index contributed by atoms with van der Waals surface area (Å²) in [5.74, 6) is -1.56. The number of halogens is 1. The van der Waals surface area contributed by atoms with E-state index < -0.39 is 11.9 Å². The van der Waals surface area contributed by atoms with Gasteiger partial charge >= 0.3 is 17.8 Å². The molecule has 8 nitrogen and oxygen atoms in total. The Morgan fingerprint density at radius 2 is 1.79 bits per heavy atom. The van der Waals surface area contributed by atoms with Crippen LogP contribution in [-0.2, 0) is 11.2 Å². The Labute approximate surface area is 189 Å². The van der Waals surface area contributed by atoms with Crippen molar-refractivity contribution in [1.82, 2.24) is 10.2 Å². The highest BCUT2D eigenvalue weighted by molar-refractivity contribution is 6.00. The van der Waals surface area contributed by atoms with Crippen LogP contribution in [0.3, 0.4) is 0 Å². The van der Waals surface area contributed by atoms with Crippen molar-refractivity contribution in [3.8, 4) is 0 Å². The lowest BCUT2D eigenvalue weighted by Gasteiger charge is -2.34. The fourth-order valence-electron chi connectivity index (χ4n) is 4.59. The van der Waals surface area contributed by atoms with Crippen molar-refractivity contribution in [3.63, 3.8) is 0 Å². The van der Waals surface area contributed by atoms with Gasteiger partial charge in [0.25, 0.3) is 0 Å². The molecule has 0 bridgehead atoms. The molecule has 1 saturated heterocycles. The number of nitrogens with one attached hydrogen (secondary N) is 1. The van der Waals surface area contributed by atoms with Gasteiger partial charge in [0.1, 0.15) is 5.82 Å². The molecule has 1 spiro atoms. The van der Waals surface area contributed by atoms with E-state index in [1.54, 1.807) is 12.1 Å². The van der Waals surface area contributed by atoms with E-state index in [0.29, 0.717) is 12.1 Å². The number of piperidine rings is 1. The number of carbonyl (C=O) groups excluding carboxylic acids is 1. The summed E-state index contributed by atoms with van der Waals surface area (Å²) >= 11 is 0. The monoisotopic (exact) mass is 450 g/mol. The molecule has 170 valence electrons. The Bertz CT molecular complexity index is 1170. The van der Waals surface area contributed by atoms with Gasteiger partial charge < -0.3 is 19.7 Å². The molecule has 1 aromatic heterocycles. The van der Waals surface area contributed by atoms with Crippen molar-refractivity contribution in [2.75, 3.05) is 23.3 Å². The molecule has 5 rings (SSSR count). The van der Waals surface area contributed by atoms with E-state index in [0.717, 1.165) is 43.6 Å². The normalized spacial score (nSPS) is 18.8. The van der Waals surface area contributed by atoms with Gasteiger partial charge in [0.15, 0.2) is 0 Å². The van der Waals surface area contributed by atoms with Crippen molar-refractivity contribution in [2.45, 2.75) is 25.7 Å². The summed E-state index contributed by atoms with van der Waals surface area (Å²) in [6.07, 6.45) is 2.88. The fourth-order valence-corrected chi connectivity index (χ4v) is 4.59. The minimum atomic E-state index is -0.674. The lowest BCUT2D eigenvalue weighted by atomic mass is 9.90. The first kappa shape index (κ1) is 21.1. The molecule has 2 aliphatic rings. The van der Waals surface area contributed by atoms with E-state index in [4.69, 9.17) is 4.42 Å². The quantitative estimate of drug-likeness (QED) is 0.589.